The molecule has 1 atom stereocenters. The Kier molecular flexibility index (Phi) is 4.39. The molecule has 1 rings (SSSR count). The van der Waals surface area contributed by atoms with Crippen LogP contribution in [0.3, 0.4) is 0 Å². The molecule has 0 saturated heterocycles. The smallest absolute Gasteiger partial charge is 0.311 e. The summed E-state index contributed by atoms with van der Waals surface area (Å²) in [6.07, 6.45) is 1.71. The Hall–Kier alpha value is -1.69. The first-order chi connectivity index (χ1) is 7.91. The molecule has 1 aromatic rings. The van der Waals surface area contributed by atoms with E-state index >= 15 is 0 Å². The minimum Gasteiger partial charge on any atom is -0.393 e. The van der Waals surface area contributed by atoms with Gasteiger partial charge in [-0.3, -0.25) is 10.1 Å². The lowest BCUT2D eigenvalue weighted by Crippen LogP contribution is -2.23. The standard InChI is InChI=1S/C11H17N3O3/c1-8-6-10(14(16)17)11(12-7-8)13(3)5-4-9(2)15/h6-7,9,15H,4-5H2,1-3H3. The summed E-state index contributed by atoms with van der Waals surface area (Å²) < 4.78 is 0. The predicted octanol–water partition coefficient (Wildman–Crippen LogP) is 1.51. The van der Waals surface area contributed by atoms with Crippen molar-refractivity contribution in [2.75, 3.05) is 18.5 Å². The molecule has 0 fully saturated rings. The zero-order chi connectivity index (χ0) is 13.0. The highest BCUT2D eigenvalue weighted by Gasteiger charge is 2.18. The van der Waals surface area contributed by atoms with Gasteiger partial charge in [0.05, 0.1) is 11.0 Å². The van der Waals surface area contributed by atoms with Gasteiger partial charge in [-0.2, -0.15) is 0 Å². The second-order valence-corrected chi connectivity index (χ2v) is 4.17. The van der Waals surface area contributed by atoms with Crippen LogP contribution in [0.1, 0.15) is 18.9 Å². The van der Waals surface area contributed by atoms with Crippen molar-refractivity contribution in [3.8, 4) is 0 Å². The number of aliphatic hydroxyl groups is 1. The maximum Gasteiger partial charge on any atom is 0.311 e. The van der Waals surface area contributed by atoms with Crippen LogP contribution in [0.25, 0.3) is 0 Å². The van der Waals surface area contributed by atoms with Crippen molar-refractivity contribution in [3.05, 3.63) is 27.9 Å². The van der Waals surface area contributed by atoms with Gasteiger partial charge in [-0.25, -0.2) is 4.98 Å². The molecule has 0 bridgehead atoms. The molecule has 1 heterocycles. The maximum atomic E-state index is 10.9. The van der Waals surface area contributed by atoms with Crippen LogP contribution < -0.4 is 4.90 Å². The molecule has 1 aromatic heterocycles. The van der Waals surface area contributed by atoms with E-state index in [1.54, 1.807) is 32.0 Å². The summed E-state index contributed by atoms with van der Waals surface area (Å²) in [6.45, 7) is 3.97. The lowest BCUT2D eigenvalue weighted by atomic mass is 10.2. The molecule has 17 heavy (non-hydrogen) atoms. The molecule has 1 N–H and O–H groups in total. The number of aliphatic hydroxyl groups excluding tert-OH is 1. The average molecular weight is 239 g/mol. The molecule has 6 heteroatoms. The maximum absolute atomic E-state index is 10.9. The van der Waals surface area contributed by atoms with Gasteiger partial charge >= 0.3 is 5.69 Å². The number of pyridine rings is 1. The SMILES string of the molecule is Cc1cnc(N(C)CCC(C)O)c([N+](=O)[O-])c1. The Morgan fingerprint density at radius 1 is 1.65 bits per heavy atom. The highest BCUT2D eigenvalue weighted by Crippen LogP contribution is 2.25. The zero-order valence-electron chi connectivity index (χ0n) is 10.3. The van der Waals surface area contributed by atoms with E-state index in [9.17, 15) is 15.2 Å². The van der Waals surface area contributed by atoms with Crippen molar-refractivity contribution in [1.29, 1.82) is 0 Å². The Morgan fingerprint density at radius 3 is 2.82 bits per heavy atom. The third-order valence-electron chi connectivity index (χ3n) is 2.42. The quantitative estimate of drug-likeness (QED) is 0.622. The Balaban J connectivity index is 2.92. The number of aryl methyl sites for hydroxylation is 1. The van der Waals surface area contributed by atoms with Crippen molar-refractivity contribution in [2.24, 2.45) is 0 Å². The average Bonchev–Trinajstić information content (AvgIpc) is 2.25. The van der Waals surface area contributed by atoms with Gasteiger partial charge in [-0.15, -0.1) is 0 Å². The monoisotopic (exact) mass is 239 g/mol. The first-order valence-corrected chi connectivity index (χ1v) is 5.42. The van der Waals surface area contributed by atoms with Crippen LogP contribution in [0.5, 0.6) is 0 Å². The molecular weight excluding hydrogens is 222 g/mol. The zero-order valence-corrected chi connectivity index (χ0v) is 10.3. The van der Waals surface area contributed by atoms with Gasteiger partial charge < -0.3 is 10.0 Å². The predicted molar refractivity (Wildman–Crippen MR) is 65.2 cm³/mol. The summed E-state index contributed by atoms with van der Waals surface area (Å²) in [5.74, 6) is 0.334. The highest BCUT2D eigenvalue weighted by molar-refractivity contribution is 5.57. The van der Waals surface area contributed by atoms with Crippen LogP contribution in [-0.4, -0.2) is 34.7 Å². The van der Waals surface area contributed by atoms with E-state index in [1.807, 2.05) is 0 Å². The van der Waals surface area contributed by atoms with Crippen LogP contribution in [0.4, 0.5) is 11.5 Å². The fourth-order valence-electron chi connectivity index (χ4n) is 1.46. The molecule has 0 aliphatic heterocycles. The summed E-state index contributed by atoms with van der Waals surface area (Å²) in [6, 6.07) is 1.50. The van der Waals surface area contributed by atoms with Gasteiger partial charge in [0.1, 0.15) is 0 Å². The lowest BCUT2D eigenvalue weighted by molar-refractivity contribution is -0.384. The number of nitro groups is 1. The molecule has 0 spiro atoms. The fraction of sp³-hybridized carbons (Fsp3) is 0.545. The normalized spacial score (nSPS) is 12.2. The van der Waals surface area contributed by atoms with Crippen LogP contribution in [0.15, 0.2) is 12.3 Å². The summed E-state index contributed by atoms with van der Waals surface area (Å²) >= 11 is 0. The van der Waals surface area contributed by atoms with Gasteiger partial charge in [0.15, 0.2) is 0 Å². The van der Waals surface area contributed by atoms with Crippen molar-refractivity contribution >= 4 is 11.5 Å². The van der Waals surface area contributed by atoms with Gasteiger partial charge in [0.2, 0.25) is 5.82 Å². The number of hydrogen-bond acceptors (Lipinski definition) is 5. The minimum atomic E-state index is -0.436. The Labute approximate surface area is 100 Å². The van der Waals surface area contributed by atoms with Crippen LogP contribution >= 0.6 is 0 Å². The third-order valence-corrected chi connectivity index (χ3v) is 2.42. The molecule has 0 amide bonds. The highest BCUT2D eigenvalue weighted by atomic mass is 16.6. The molecular formula is C11H17N3O3. The van der Waals surface area contributed by atoms with E-state index in [0.717, 1.165) is 5.56 Å². The molecule has 0 aliphatic rings. The number of rotatable bonds is 5. The summed E-state index contributed by atoms with van der Waals surface area (Å²) in [4.78, 5) is 16.2. The molecule has 0 aliphatic carbocycles. The Bertz CT molecular complexity index is 407. The van der Waals surface area contributed by atoms with E-state index in [2.05, 4.69) is 4.98 Å². The fourth-order valence-corrected chi connectivity index (χ4v) is 1.46. The molecule has 0 aromatic carbocycles. The van der Waals surface area contributed by atoms with Gasteiger partial charge in [0, 0.05) is 25.9 Å². The third kappa shape index (κ3) is 3.67. The molecule has 0 saturated carbocycles. The molecule has 94 valence electrons. The second kappa shape index (κ2) is 5.58. The number of nitrogens with zero attached hydrogens (tertiary/aromatic N) is 3. The number of anilines is 1. The topological polar surface area (TPSA) is 79.5 Å². The van der Waals surface area contributed by atoms with Crippen molar-refractivity contribution in [1.82, 2.24) is 4.98 Å². The number of aromatic nitrogens is 1. The van der Waals surface area contributed by atoms with E-state index in [-0.39, 0.29) is 5.69 Å². The molecule has 0 radical (unpaired) electrons. The molecule has 6 nitrogen and oxygen atoms in total. The van der Waals surface area contributed by atoms with Gasteiger partial charge in [0.25, 0.3) is 0 Å². The summed E-state index contributed by atoms with van der Waals surface area (Å²) in [7, 11) is 1.73. The summed E-state index contributed by atoms with van der Waals surface area (Å²) in [5.41, 5.74) is 0.752. The lowest BCUT2D eigenvalue weighted by Gasteiger charge is -2.18. The second-order valence-electron chi connectivity index (χ2n) is 4.17. The Morgan fingerprint density at radius 2 is 2.29 bits per heavy atom. The minimum absolute atomic E-state index is 0.00177. The van der Waals surface area contributed by atoms with Gasteiger partial charge in [-0.1, -0.05) is 0 Å². The van der Waals surface area contributed by atoms with E-state index < -0.39 is 11.0 Å². The molecule has 1 unspecified atom stereocenters. The van der Waals surface area contributed by atoms with Crippen molar-refractivity contribution in [3.63, 3.8) is 0 Å². The number of hydrogen-bond donors (Lipinski definition) is 1. The van der Waals surface area contributed by atoms with E-state index in [1.165, 1.54) is 6.07 Å². The van der Waals surface area contributed by atoms with Crippen LogP contribution in [0, 0.1) is 17.0 Å². The first kappa shape index (κ1) is 13.4. The largest absolute Gasteiger partial charge is 0.393 e. The van der Waals surface area contributed by atoms with E-state index in [0.29, 0.717) is 18.8 Å². The van der Waals surface area contributed by atoms with Crippen molar-refractivity contribution < 1.29 is 10.0 Å². The van der Waals surface area contributed by atoms with Crippen molar-refractivity contribution in [2.45, 2.75) is 26.4 Å². The van der Waals surface area contributed by atoms with Gasteiger partial charge in [-0.05, 0) is 25.8 Å². The van der Waals surface area contributed by atoms with E-state index in [4.69, 9.17) is 0 Å². The van der Waals surface area contributed by atoms with Crippen LogP contribution in [0.2, 0.25) is 0 Å². The summed E-state index contributed by atoms with van der Waals surface area (Å²) in [5, 5.41) is 20.1. The first-order valence-electron chi connectivity index (χ1n) is 5.42. The van der Waals surface area contributed by atoms with Crippen LogP contribution in [-0.2, 0) is 0 Å².